The van der Waals surface area contributed by atoms with E-state index in [1.165, 1.54) is 18.3 Å². The Morgan fingerprint density at radius 3 is 2.71 bits per heavy atom. The van der Waals surface area contributed by atoms with E-state index in [0.29, 0.717) is 25.1 Å². The first-order chi connectivity index (χ1) is 14.9. The normalized spacial score (nSPS) is 13.1. The molecular formula is C22H21N5O4. The quantitative estimate of drug-likeness (QED) is 0.371. The molecule has 0 saturated carbocycles. The summed E-state index contributed by atoms with van der Waals surface area (Å²) < 4.78 is 1.57. The van der Waals surface area contributed by atoms with Gasteiger partial charge in [0.1, 0.15) is 5.69 Å². The number of imidazole rings is 1. The molecule has 3 aromatic rings. The third kappa shape index (κ3) is 3.77. The van der Waals surface area contributed by atoms with Crippen LogP contribution in [0.2, 0.25) is 0 Å². The van der Waals surface area contributed by atoms with E-state index in [9.17, 15) is 19.7 Å². The standard InChI is InChI=1S/C22H21N5O4/c1-3-26-18-8-6-16(12-14(18)5-9-20(26)28)24-17-7-4-15(13-19(17)27(30)31)21(29)22-23-10-11-25(22)2/h4,6-8,10-13,24H,3,5,9H2,1-2H3. The van der Waals surface area contributed by atoms with Crippen molar-refractivity contribution in [2.75, 3.05) is 16.8 Å². The van der Waals surface area contributed by atoms with Crippen molar-refractivity contribution in [2.24, 2.45) is 7.05 Å². The molecule has 158 valence electrons. The molecule has 4 rings (SSSR count). The van der Waals surface area contributed by atoms with E-state index < -0.39 is 4.92 Å². The van der Waals surface area contributed by atoms with Gasteiger partial charge >= 0.3 is 0 Å². The fourth-order valence-corrected chi connectivity index (χ4v) is 3.78. The number of amides is 1. The third-order valence-electron chi connectivity index (χ3n) is 5.36. The second-order valence-electron chi connectivity index (χ2n) is 7.29. The monoisotopic (exact) mass is 419 g/mol. The number of anilines is 3. The Bertz CT molecular complexity index is 1200. The first-order valence-corrected chi connectivity index (χ1v) is 9.89. The van der Waals surface area contributed by atoms with Gasteiger partial charge < -0.3 is 14.8 Å². The molecular weight excluding hydrogens is 398 g/mol. The fraction of sp³-hybridized carbons (Fsp3) is 0.227. The van der Waals surface area contributed by atoms with E-state index in [-0.39, 0.29) is 34.5 Å². The summed E-state index contributed by atoms with van der Waals surface area (Å²) in [5.41, 5.74) is 2.82. The first kappa shape index (κ1) is 20.3. The van der Waals surface area contributed by atoms with Gasteiger partial charge in [0.2, 0.25) is 11.7 Å². The van der Waals surface area contributed by atoms with Gasteiger partial charge in [0.25, 0.3) is 5.69 Å². The van der Waals surface area contributed by atoms with E-state index in [2.05, 4.69) is 10.3 Å². The molecule has 1 aromatic heterocycles. The number of nitrogens with zero attached hydrogens (tertiary/aromatic N) is 4. The SMILES string of the molecule is CCN1C(=O)CCc2cc(Nc3ccc(C(=O)c4nccn4C)cc3[N+](=O)[O-])ccc21. The lowest BCUT2D eigenvalue weighted by Crippen LogP contribution is -2.34. The van der Waals surface area contributed by atoms with E-state index in [0.717, 1.165) is 11.3 Å². The van der Waals surface area contributed by atoms with Crippen LogP contribution < -0.4 is 10.2 Å². The molecule has 31 heavy (non-hydrogen) atoms. The first-order valence-electron chi connectivity index (χ1n) is 9.89. The Labute approximate surface area is 178 Å². The van der Waals surface area contributed by atoms with E-state index >= 15 is 0 Å². The maximum Gasteiger partial charge on any atom is 0.293 e. The van der Waals surface area contributed by atoms with Crippen molar-refractivity contribution in [1.82, 2.24) is 9.55 Å². The van der Waals surface area contributed by atoms with Crippen LogP contribution in [0.4, 0.5) is 22.7 Å². The Balaban J connectivity index is 1.65. The van der Waals surface area contributed by atoms with Crippen molar-refractivity contribution in [2.45, 2.75) is 19.8 Å². The zero-order valence-corrected chi connectivity index (χ0v) is 17.2. The van der Waals surface area contributed by atoms with Crippen LogP contribution in [0.15, 0.2) is 48.8 Å². The Morgan fingerprint density at radius 1 is 1.23 bits per heavy atom. The molecule has 2 heterocycles. The summed E-state index contributed by atoms with van der Waals surface area (Å²) in [6.45, 7) is 2.52. The van der Waals surface area contributed by atoms with E-state index in [4.69, 9.17) is 0 Å². The van der Waals surface area contributed by atoms with Gasteiger partial charge in [-0.25, -0.2) is 4.98 Å². The molecule has 0 aliphatic carbocycles. The number of aromatic nitrogens is 2. The lowest BCUT2D eigenvalue weighted by atomic mass is 10.00. The average molecular weight is 419 g/mol. The number of nitrogens with one attached hydrogen (secondary N) is 1. The maximum absolute atomic E-state index is 12.7. The number of nitro groups is 1. The summed E-state index contributed by atoms with van der Waals surface area (Å²) in [6.07, 6.45) is 4.20. The molecule has 1 N–H and O–H groups in total. The smallest absolute Gasteiger partial charge is 0.293 e. The molecule has 0 atom stereocenters. The average Bonchev–Trinajstić information content (AvgIpc) is 3.19. The van der Waals surface area contributed by atoms with Gasteiger partial charge in [0.05, 0.1) is 4.92 Å². The molecule has 0 spiro atoms. The number of nitro benzene ring substituents is 1. The number of carbonyl (C=O) groups excluding carboxylic acids is 2. The molecule has 2 aromatic carbocycles. The molecule has 9 nitrogen and oxygen atoms in total. The van der Waals surface area contributed by atoms with Crippen LogP contribution in [0.25, 0.3) is 0 Å². The van der Waals surface area contributed by atoms with Crippen molar-refractivity contribution in [3.8, 4) is 0 Å². The predicted octanol–water partition coefficient (Wildman–Crippen LogP) is 3.60. The molecule has 0 fully saturated rings. The second-order valence-corrected chi connectivity index (χ2v) is 7.29. The van der Waals surface area contributed by atoms with Crippen LogP contribution in [0.1, 0.15) is 35.1 Å². The lowest BCUT2D eigenvalue weighted by molar-refractivity contribution is -0.383. The highest BCUT2D eigenvalue weighted by atomic mass is 16.6. The molecule has 1 amide bonds. The Hall–Kier alpha value is -4.01. The molecule has 0 bridgehead atoms. The minimum atomic E-state index is -0.520. The zero-order chi connectivity index (χ0) is 22.1. The maximum atomic E-state index is 12.7. The number of hydrogen-bond donors (Lipinski definition) is 1. The van der Waals surface area contributed by atoms with Gasteiger partial charge in [-0.1, -0.05) is 0 Å². The summed E-state index contributed by atoms with van der Waals surface area (Å²) in [5.74, 6) is -0.0840. The summed E-state index contributed by atoms with van der Waals surface area (Å²) in [7, 11) is 1.69. The molecule has 1 aliphatic rings. The van der Waals surface area contributed by atoms with Gasteiger partial charge in [0.15, 0.2) is 5.82 Å². The number of rotatable bonds is 6. The number of ketones is 1. The molecule has 0 radical (unpaired) electrons. The lowest BCUT2D eigenvalue weighted by Gasteiger charge is -2.28. The largest absolute Gasteiger partial charge is 0.350 e. The minimum Gasteiger partial charge on any atom is -0.350 e. The summed E-state index contributed by atoms with van der Waals surface area (Å²) in [5, 5.41) is 14.8. The van der Waals surface area contributed by atoms with Gasteiger partial charge in [-0.2, -0.15) is 0 Å². The molecule has 0 unspecified atom stereocenters. The molecule has 0 saturated heterocycles. The van der Waals surface area contributed by atoms with Gasteiger partial charge in [-0.05, 0) is 49.2 Å². The molecule has 9 heteroatoms. The van der Waals surface area contributed by atoms with Crippen LogP contribution >= 0.6 is 0 Å². The minimum absolute atomic E-state index is 0.0966. The topological polar surface area (TPSA) is 110 Å². The predicted molar refractivity (Wildman–Crippen MR) is 116 cm³/mol. The number of benzene rings is 2. The number of aryl methyl sites for hydroxylation is 2. The zero-order valence-electron chi connectivity index (χ0n) is 17.2. The number of fused-ring (bicyclic) bond motifs is 1. The fourth-order valence-electron chi connectivity index (χ4n) is 3.78. The van der Waals surface area contributed by atoms with Gasteiger partial charge in [-0.3, -0.25) is 19.7 Å². The van der Waals surface area contributed by atoms with Crippen molar-refractivity contribution in [3.63, 3.8) is 0 Å². The van der Waals surface area contributed by atoms with Gasteiger partial charge in [0, 0.05) is 55.4 Å². The Morgan fingerprint density at radius 2 is 2.03 bits per heavy atom. The molecule has 1 aliphatic heterocycles. The highest BCUT2D eigenvalue weighted by Gasteiger charge is 2.24. The van der Waals surface area contributed by atoms with Gasteiger partial charge in [-0.15, -0.1) is 0 Å². The summed E-state index contributed by atoms with van der Waals surface area (Å²) >= 11 is 0. The van der Waals surface area contributed by atoms with E-state index in [1.807, 2.05) is 19.1 Å². The van der Waals surface area contributed by atoms with Crippen molar-refractivity contribution >= 4 is 34.4 Å². The summed E-state index contributed by atoms with van der Waals surface area (Å²) in [6, 6.07) is 9.87. The van der Waals surface area contributed by atoms with Crippen molar-refractivity contribution in [1.29, 1.82) is 0 Å². The van der Waals surface area contributed by atoms with Crippen LogP contribution in [0, 0.1) is 10.1 Å². The number of carbonyl (C=O) groups is 2. The summed E-state index contributed by atoms with van der Waals surface area (Å²) in [4.78, 5) is 41.7. The van der Waals surface area contributed by atoms with Crippen LogP contribution in [-0.4, -0.2) is 32.7 Å². The van der Waals surface area contributed by atoms with Crippen LogP contribution in [0.5, 0.6) is 0 Å². The second kappa shape index (κ2) is 8.02. The Kier molecular flexibility index (Phi) is 5.24. The van der Waals surface area contributed by atoms with Crippen molar-refractivity contribution < 1.29 is 14.5 Å². The van der Waals surface area contributed by atoms with Crippen molar-refractivity contribution in [3.05, 3.63) is 75.9 Å². The van der Waals surface area contributed by atoms with Crippen LogP contribution in [-0.2, 0) is 18.3 Å². The highest BCUT2D eigenvalue weighted by Crippen LogP contribution is 2.34. The third-order valence-corrected chi connectivity index (χ3v) is 5.36. The van der Waals surface area contributed by atoms with E-state index in [1.54, 1.807) is 34.8 Å². The highest BCUT2D eigenvalue weighted by molar-refractivity contribution is 6.07. The number of hydrogen-bond acceptors (Lipinski definition) is 6. The van der Waals surface area contributed by atoms with Crippen LogP contribution in [0.3, 0.4) is 0 Å².